The van der Waals surface area contributed by atoms with Crippen LogP contribution in [0.4, 0.5) is 0 Å². The Balaban J connectivity index is 1.31. The summed E-state index contributed by atoms with van der Waals surface area (Å²) in [6.45, 7) is 6.22. The van der Waals surface area contributed by atoms with E-state index in [9.17, 15) is 4.79 Å². The molecule has 6 nitrogen and oxygen atoms in total. The highest BCUT2D eigenvalue weighted by Gasteiger charge is 2.24. The predicted molar refractivity (Wildman–Crippen MR) is 123 cm³/mol. The van der Waals surface area contributed by atoms with Crippen molar-refractivity contribution in [3.8, 4) is 5.75 Å². The number of para-hydroxylation sites is 1. The molecule has 2 aromatic carbocycles. The molecule has 0 bridgehead atoms. The molecular weight excluding hydrogens is 388 g/mol. The van der Waals surface area contributed by atoms with Crippen LogP contribution in [0.2, 0.25) is 0 Å². The van der Waals surface area contributed by atoms with Crippen LogP contribution >= 0.6 is 0 Å². The molecule has 6 heteroatoms. The minimum Gasteiger partial charge on any atom is -0.490 e. The maximum absolute atomic E-state index is 12.8. The molecule has 1 N–H and O–H groups in total. The lowest BCUT2D eigenvalue weighted by Crippen LogP contribution is -2.48. The van der Waals surface area contributed by atoms with E-state index in [0.717, 1.165) is 57.2 Å². The van der Waals surface area contributed by atoms with Crippen LogP contribution in [0, 0.1) is 0 Å². The fourth-order valence-corrected chi connectivity index (χ4v) is 4.25. The summed E-state index contributed by atoms with van der Waals surface area (Å²) in [6, 6.07) is 18.4. The number of carbonyl (C=O) groups excluding carboxylic acids is 1. The summed E-state index contributed by atoms with van der Waals surface area (Å²) in [6.07, 6.45) is 3.02. The molecule has 0 unspecified atom stereocenters. The molecule has 0 atom stereocenters. The zero-order chi connectivity index (χ0) is 21.5. The predicted octanol–water partition coefficient (Wildman–Crippen LogP) is 3.08. The minimum atomic E-state index is 0.0900. The first-order valence-electron chi connectivity index (χ1n) is 11.3. The van der Waals surface area contributed by atoms with Crippen molar-refractivity contribution < 1.29 is 9.53 Å². The van der Waals surface area contributed by atoms with Crippen molar-refractivity contribution in [1.82, 2.24) is 15.1 Å². The number of nitrogens with zero attached hydrogens (tertiary/aromatic N) is 3. The third-order valence-electron chi connectivity index (χ3n) is 5.97. The number of carbonyl (C=O) groups is 1. The highest BCUT2D eigenvalue weighted by molar-refractivity contribution is 5.85. The zero-order valence-corrected chi connectivity index (χ0v) is 18.3. The number of piperidine rings is 1. The van der Waals surface area contributed by atoms with E-state index in [1.54, 1.807) is 0 Å². The van der Waals surface area contributed by atoms with Crippen molar-refractivity contribution in [3.63, 3.8) is 0 Å². The molecule has 0 spiro atoms. The Morgan fingerprint density at radius 1 is 1.00 bits per heavy atom. The first-order chi connectivity index (χ1) is 15.2. The van der Waals surface area contributed by atoms with Crippen LogP contribution < -0.4 is 10.1 Å². The van der Waals surface area contributed by atoms with Gasteiger partial charge in [0, 0.05) is 45.6 Å². The number of ether oxygens (including phenoxy) is 1. The number of amides is 1. The second-order valence-corrected chi connectivity index (χ2v) is 8.12. The Kier molecular flexibility index (Phi) is 7.07. The fraction of sp³-hybridized carbons (Fsp3) is 0.440. The Hall–Kier alpha value is -3.02. The number of fused-ring (bicyclic) bond motifs is 1. The molecule has 1 saturated heterocycles. The summed E-state index contributed by atoms with van der Waals surface area (Å²) in [4.78, 5) is 21.7. The van der Waals surface area contributed by atoms with Gasteiger partial charge in [0.05, 0.1) is 0 Å². The van der Waals surface area contributed by atoms with Crippen LogP contribution in [-0.4, -0.2) is 60.5 Å². The van der Waals surface area contributed by atoms with E-state index < -0.39 is 0 Å². The number of benzene rings is 2. The van der Waals surface area contributed by atoms with Gasteiger partial charge in [-0.2, -0.15) is 0 Å². The van der Waals surface area contributed by atoms with Gasteiger partial charge in [-0.15, -0.1) is 0 Å². The lowest BCUT2D eigenvalue weighted by Gasteiger charge is -2.34. The van der Waals surface area contributed by atoms with Crippen LogP contribution in [0.25, 0.3) is 0 Å². The van der Waals surface area contributed by atoms with Gasteiger partial charge in [0.2, 0.25) is 5.91 Å². The summed E-state index contributed by atoms with van der Waals surface area (Å²) in [5.74, 6) is 1.84. The van der Waals surface area contributed by atoms with E-state index in [0.29, 0.717) is 6.54 Å². The van der Waals surface area contributed by atoms with E-state index in [4.69, 9.17) is 4.74 Å². The second kappa shape index (κ2) is 10.3. The monoisotopic (exact) mass is 420 g/mol. The van der Waals surface area contributed by atoms with Crippen molar-refractivity contribution >= 4 is 11.9 Å². The number of hydrogen-bond donors (Lipinski definition) is 1. The van der Waals surface area contributed by atoms with Gasteiger partial charge in [-0.05, 0) is 36.6 Å². The van der Waals surface area contributed by atoms with Gasteiger partial charge in [0.1, 0.15) is 18.4 Å². The third kappa shape index (κ3) is 5.57. The Morgan fingerprint density at radius 3 is 2.45 bits per heavy atom. The first-order valence-corrected chi connectivity index (χ1v) is 11.3. The van der Waals surface area contributed by atoms with Crippen LogP contribution in [0.1, 0.15) is 30.9 Å². The first kappa shape index (κ1) is 21.2. The Morgan fingerprint density at radius 2 is 1.71 bits per heavy atom. The van der Waals surface area contributed by atoms with E-state index in [1.807, 2.05) is 41.3 Å². The van der Waals surface area contributed by atoms with Crippen molar-refractivity contribution in [2.45, 2.75) is 38.8 Å². The van der Waals surface area contributed by atoms with Crippen molar-refractivity contribution in [2.24, 2.45) is 4.99 Å². The van der Waals surface area contributed by atoms with E-state index >= 15 is 0 Å². The van der Waals surface area contributed by atoms with Gasteiger partial charge in [-0.25, -0.2) is 4.99 Å². The summed E-state index contributed by atoms with van der Waals surface area (Å²) in [5.41, 5.74) is 2.60. The Bertz CT molecular complexity index is 891. The molecule has 2 aromatic rings. The average Bonchev–Trinajstić information content (AvgIpc) is 2.82. The number of hydrogen-bond acceptors (Lipinski definition) is 3. The maximum atomic E-state index is 12.8. The van der Waals surface area contributed by atoms with Gasteiger partial charge in [-0.3, -0.25) is 4.79 Å². The number of nitrogens with one attached hydrogen (secondary N) is 1. The molecule has 0 radical (unpaired) electrons. The average molecular weight is 421 g/mol. The smallest absolute Gasteiger partial charge is 0.244 e. The number of likely N-dealkylation sites (tertiary alicyclic amines) is 1. The summed E-state index contributed by atoms with van der Waals surface area (Å²) < 4.78 is 6.10. The molecule has 4 rings (SSSR count). The zero-order valence-electron chi connectivity index (χ0n) is 18.3. The molecule has 31 heavy (non-hydrogen) atoms. The minimum absolute atomic E-state index is 0.0900. The third-order valence-corrected chi connectivity index (χ3v) is 5.97. The topological polar surface area (TPSA) is 57.2 Å². The molecule has 164 valence electrons. The van der Waals surface area contributed by atoms with Crippen molar-refractivity contribution in [3.05, 3.63) is 65.7 Å². The van der Waals surface area contributed by atoms with Gasteiger partial charge in [0.15, 0.2) is 5.96 Å². The van der Waals surface area contributed by atoms with Crippen molar-refractivity contribution in [1.29, 1.82) is 0 Å². The maximum Gasteiger partial charge on any atom is 0.244 e. The molecule has 2 aliphatic heterocycles. The van der Waals surface area contributed by atoms with Gasteiger partial charge in [0.25, 0.3) is 0 Å². The van der Waals surface area contributed by atoms with Crippen LogP contribution in [0.15, 0.2) is 59.6 Å². The highest BCUT2D eigenvalue weighted by atomic mass is 16.5. The second-order valence-electron chi connectivity index (χ2n) is 8.12. The molecule has 0 aliphatic carbocycles. The molecule has 2 heterocycles. The molecule has 0 aromatic heterocycles. The van der Waals surface area contributed by atoms with Crippen LogP contribution in [0.5, 0.6) is 5.75 Å². The van der Waals surface area contributed by atoms with E-state index in [1.165, 1.54) is 11.1 Å². The standard InChI is InChI=1S/C25H32N4O2/c1-2-26-25(28-16-13-23(14-17-28)31-22-10-4-3-5-11-22)27-18-24(30)29-15-12-20-8-6-7-9-21(20)19-29/h3-11,23H,2,12-19H2,1H3,(H,26,27). The highest BCUT2D eigenvalue weighted by Crippen LogP contribution is 2.20. The molecule has 0 saturated carbocycles. The van der Waals surface area contributed by atoms with E-state index in [2.05, 4.69) is 40.3 Å². The lowest BCUT2D eigenvalue weighted by molar-refractivity contribution is -0.130. The summed E-state index contributed by atoms with van der Waals surface area (Å²) in [5, 5.41) is 3.36. The van der Waals surface area contributed by atoms with Gasteiger partial charge < -0.3 is 19.9 Å². The summed E-state index contributed by atoms with van der Waals surface area (Å²) >= 11 is 0. The molecule has 2 aliphatic rings. The van der Waals surface area contributed by atoms with Crippen LogP contribution in [0.3, 0.4) is 0 Å². The molecular formula is C25H32N4O2. The number of aliphatic imine (C=N–C) groups is 1. The quantitative estimate of drug-likeness (QED) is 0.597. The fourth-order valence-electron chi connectivity index (χ4n) is 4.25. The van der Waals surface area contributed by atoms with Gasteiger partial charge >= 0.3 is 0 Å². The number of guanidine groups is 1. The normalized spacial score (nSPS) is 17.3. The van der Waals surface area contributed by atoms with Crippen LogP contribution in [-0.2, 0) is 17.8 Å². The van der Waals surface area contributed by atoms with Crippen molar-refractivity contribution in [2.75, 3.05) is 32.7 Å². The van der Waals surface area contributed by atoms with Gasteiger partial charge in [-0.1, -0.05) is 42.5 Å². The van der Waals surface area contributed by atoms with E-state index in [-0.39, 0.29) is 18.6 Å². The Labute approximate surface area is 184 Å². The lowest BCUT2D eigenvalue weighted by atomic mass is 10.00. The molecule has 1 amide bonds. The largest absolute Gasteiger partial charge is 0.490 e. The summed E-state index contributed by atoms with van der Waals surface area (Å²) in [7, 11) is 0. The molecule has 1 fully saturated rings. The number of rotatable bonds is 5. The SMILES string of the molecule is CCNC(=NCC(=O)N1CCc2ccccc2C1)N1CCC(Oc2ccccc2)CC1.